The van der Waals surface area contributed by atoms with Gasteiger partial charge in [0.05, 0.1) is 5.56 Å². The van der Waals surface area contributed by atoms with Crippen LogP contribution in [0.15, 0.2) is 24.3 Å². The normalized spacial score (nSPS) is 20.3. The lowest BCUT2D eigenvalue weighted by Crippen LogP contribution is -2.53. The molecule has 0 amide bonds. The molecule has 0 spiro atoms. The zero-order valence-corrected chi connectivity index (χ0v) is 12.6. The van der Waals surface area contributed by atoms with Gasteiger partial charge in [-0.2, -0.15) is 0 Å². The number of carbonyl (C=O) groups excluding carboxylic acids is 1. The van der Waals surface area contributed by atoms with Crippen LogP contribution in [-0.4, -0.2) is 43.5 Å². The van der Waals surface area contributed by atoms with Gasteiger partial charge in [0.1, 0.15) is 5.82 Å². The SMILES string of the molecule is CCC1CN(C2CCOCC2)C1.O=Cc1ccccc1F. The number of hydrogen-bond donors (Lipinski definition) is 0. The molecule has 3 rings (SSSR count). The van der Waals surface area contributed by atoms with E-state index in [0.29, 0.717) is 6.29 Å². The first-order valence-corrected chi connectivity index (χ1v) is 7.76. The predicted octanol–water partition coefficient (Wildman–Crippen LogP) is 3.15. The molecule has 4 heteroatoms. The summed E-state index contributed by atoms with van der Waals surface area (Å²) >= 11 is 0. The maximum absolute atomic E-state index is 12.4. The summed E-state index contributed by atoms with van der Waals surface area (Å²) in [5.74, 6) is 0.528. The number of ether oxygens (including phenoxy) is 1. The first-order chi connectivity index (χ1) is 10.2. The molecular weight excluding hydrogens is 269 g/mol. The van der Waals surface area contributed by atoms with Gasteiger partial charge in [0.2, 0.25) is 0 Å². The monoisotopic (exact) mass is 293 g/mol. The Hall–Kier alpha value is -1.26. The highest BCUT2D eigenvalue weighted by Gasteiger charge is 2.31. The number of rotatable bonds is 3. The predicted molar refractivity (Wildman–Crippen MR) is 81.0 cm³/mol. The summed E-state index contributed by atoms with van der Waals surface area (Å²) < 4.78 is 17.7. The second kappa shape index (κ2) is 8.25. The lowest BCUT2D eigenvalue weighted by molar-refractivity contribution is -0.0158. The summed E-state index contributed by atoms with van der Waals surface area (Å²) in [7, 11) is 0. The van der Waals surface area contributed by atoms with Crippen LogP contribution >= 0.6 is 0 Å². The van der Waals surface area contributed by atoms with Crippen molar-refractivity contribution in [3.8, 4) is 0 Å². The minimum Gasteiger partial charge on any atom is -0.381 e. The van der Waals surface area contributed by atoms with Crippen LogP contribution in [0.2, 0.25) is 0 Å². The Morgan fingerprint density at radius 1 is 1.29 bits per heavy atom. The summed E-state index contributed by atoms with van der Waals surface area (Å²) in [5, 5.41) is 0. The number of hydrogen-bond acceptors (Lipinski definition) is 3. The Labute approximate surface area is 126 Å². The highest BCUT2D eigenvalue weighted by atomic mass is 19.1. The van der Waals surface area contributed by atoms with Crippen LogP contribution in [0.4, 0.5) is 4.39 Å². The molecule has 0 saturated carbocycles. The van der Waals surface area contributed by atoms with Crippen molar-refractivity contribution in [2.75, 3.05) is 26.3 Å². The van der Waals surface area contributed by atoms with Crippen molar-refractivity contribution in [2.45, 2.75) is 32.2 Å². The fraction of sp³-hybridized carbons (Fsp3) is 0.588. The van der Waals surface area contributed by atoms with Crippen LogP contribution in [0.5, 0.6) is 0 Å². The Morgan fingerprint density at radius 3 is 2.48 bits per heavy atom. The maximum atomic E-state index is 12.4. The van der Waals surface area contributed by atoms with Crippen molar-refractivity contribution in [1.82, 2.24) is 4.90 Å². The third kappa shape index (κ3) is 4.61. The Bertz CT molecular complexity index is 440. The number of halogens is 1. The van der Waals surface area contributed by atoms with E-state index >= 15 is 0 Å². The molecular formula is C17H24FNO2. The van der Waals surface area contributed by atoms with Crippen molar-refractivity contribution in [3.63, 3.8) is 0 Å². The summed E-state index contributed by atoms with van der Waals surface area (Å²) in [6, 6.07) is 6.70. The molecule has 0 N–H and O–H groups in total. The summed E-state index contributed by atoms with van der Waals surface area (Å²) in [6.45, 7) is 6.96. The van der Waals surface area contributed by atoms with E-state index in [4.69, 9.17) is 4.74 Å². The highest BCUT2D eigenvalue weighted by molar-refractivity contribution is 5.74. The van der Waals surface area contributed by atoms with Gasteiger partial charge in [0.25, 0.3) is 0 Å². The fourth-order valence-corrected chi connectivity index (χ4v) is 2.79. The van der Waals surface area contributed by atoms with E-state index in [1.807, 2.05) is 0 Å². The zero-order chi connectivity index (χ0) is 15.1. The molecule has 3 nitrogen and oxygen atoms in total. The van der Waals surface area contributed by atoms with Crippen molar-refractivity contribution >= 4 is 6.29 Å². The van der Waals surface area contributed by atoms with E-state index in [-0.39, 0.29) is 5.56 Å². The van der Waals surface area contributed by atoms with Gasteiger partial charge in [0.15, 0.2) is 6.29 Å². The first-order valence-electron chi connectivity index (χ1n) is 7.76. The third-order valence-corrected chi connectivity index (χ3v) is 4.30. The minimum atomic E-state index is -0.465. The molecule has 1 aromatic carbocycles. The minimum absolute atomic E-state index is 0.109. The summed E-state index contributed by atoms with van der Waals surface area (Å²) in [4.78, 5) is 12.6. The van der Waals surface area contributed by atoms with E-state index in [0.717, 1.165) is 25.2 Å². The van der Waals surface area contributed by atoms with Crippen LogP contribution in [0.1, 0.15) is 36.5 Å². The number of nitrogens with zero attached hydrogens (tertiary/aromatic N) is 1. The van der Waals surface area contributed by atoms with Gasteiger partial charge < -0.3 is 4.74 Å². The van der Waals surface area contributed by atoms with Crippen molar-refractivity contribution in [3.05, 3.63) is 35.6 Å². The second-order valence-electron chi connectivity index (χ2n) is 5.71. The van der Waals surface area contributed by atoms with Gasteiger partial charge in [-0.1, -0.05) is 25.5 Å². The average molecular weight is 293 g/mol. The molecule has 116 valence electrons. The summed E-state index contributed by atoms with van der Waals surface area (Å²) in [6.07, 6.45) is 4.38. The van der Waals surface area contributed by atoms with Crippen LogP contribution in [-0.2, 0) is 4.74 Å². The lowest BCUT2D eigenvalue weighted by Gasteiger charge is -2.45. The smallest absolute Gasteiger partial charge is 0.152 e. The number of carbonyl (C=O) groups is 1. The molecule has 0 atom stereocenters. The second-order valence-corrected chi connectivity index (χ2v) is 5.71. The largest absolute Gasteiger partial charge is 0.381 e. The molecule has 0 aromatic heterocycles. The molecule has 2 saturated heterocycles. The van der Waals surface area contributed by atoms with E-state index in [9.17, 15) is 9.18 Å². The first kappa shape index (κ1) is 16.1. The topological polar surface area (TPSA) is 29.5 Å². The maximum Gasteiger partial charge on any atom is 0.152 e. The van der Waals surface area contributed by atoms with Gasteiger partial charge in [-0.25, -0.2) is 4.39 Å². The van der Waals surface area contributed by atoms with Crippen molar-refractivity contribution < 1.29 is 13.9 Å². The molecule has 0 bridgehead atoms. The lowest BCUT2D eigenvalue weighted by atomic mass is 9.93. The number of aldehydes is 1. The Morgan fingerprint density at radius 2 is 1.95 bits per heavy atom. The molecule has 21 heavy (non-hydrogen) atoms. The molecule has 0 unspecified atom stereocenters. The Balaban J connectivity index is 0.000000161. The summed E-state index contributed by atoms with van der Waals surface area (Å²) in [5.41, 5.74) is 0.109. The zero-order valence-electron chi connectivity index (χ0n) is 12.6. The van der Waals surface area contributed by atoms with Crippen LogP contribution < -0.4 is 0 Å². The van der Waals surface area contributed by atoms with Gasteiger partial charge >= 0.3 is 0 Å². The quantitative estimate of drug-likeness (QED) is 0.802. The molecule has 0 radical (unpaired) electrons. The number of benzene rings is 1. The molecule has 2 aliphatic heterocycles. The Kier molecular flexibility index (Phi) is 6.33. The van der Waals surface area contributed by atoms with Gasteiger partial charge in [-0.05, 0) is 30.9 Å². The molecule has 2 heterocycles. The number of likely N-dealkylation sites (tertiary alicyclic amines) is 1. The molecule has 0 aliphatic carbocycles. The van der Waals surface area contributed by atoms with E-state index < -0.39 is 5.82 Å². The van der Waals surface area contributed by atoms with Crippen molar-refractivity contribution in [2.24, 2.45) is 5.92 Å². The highest BCUT2D eigenvalue weighted by Crippen LogP contribution is 2.25. The standard InChI is InChI=1S/C10H19NO.C7H5FO/c1-2-9-7-11(8-9)10-3-5-12-6-4-10;8-7-4-2-1-3-6(7)5-9/h9-10H,2-8H2,1H3;1-5H. The molecule has 2 fully saturated rings. The van der Waals surface area contributed by atoms with Gasteiger partial charge in [-0.3, -0.25) is 9.69 Å². The van der Waals surface area contributed by atoms with Crippen molar-refractivity contribution in [1.29, 1.82) is 0 Å². The van der Waals surface area contributed by atoms with Gasteiger partial charge in [-0.15, -0.1) is 0 Å². The van der Waals surface area contributed by atoms with E-state index in [1.165, 1.54) is 44.5 Å². The van der Waals surface area contributed by atoms with E-state index in [2.05, 4.69) is 11.8 Å². The van der Waals surface area contributed by atoms with E-state index in [1.54, 1.807) is 12.1 Å². The molecule has 2 aliphatic rings. The van der Waals surface area contributed by atoms with Crippen LogP contribution in [0.3, 0.4) is 0 Å². The van der Waals surface area contributed by atoms with Crippen LogP contribution in [0.25, 0.3) is 0 Å². The average Bonchev–Trinajstić information content (AvgIpc) is 2.48. The third-order valence-electron chi connectivity index (χ3n) is 4.30. The molecule has 1 aromatic rings. The fourth-order valence-electron chi connectivity index (χ4n) is 2.79. The van der Waals surface area contributed by atoms with Gasteiger partial charge in [0, 0.05) is 32.3 Å². The van der Waals surface area contributed by atoms with Crippen LogP contribution in [0, 0.1) is 11.7 Å².